The van der Waals surface area contributed by atoms with Crippen LogP contribution in [0.1, 0.15) is 79.2 Å². The predicted molar refractivity (Wildman–Crippen MR) is 148 cm³/mol. The summed E-state index contributed by atoms with van der Waals surface area (Å²) < 4.78 is 5.88. The molecule has 0 aliphatic rings. The minimum absolute atomic E-state index is 0.0348. The van der Waals surface area contributed by atoms with Gasteiger partial charge in [-0.1, -0.05) is 82.3 Å². The molecule has 3 aromatic carbocycles. The number of amides is 1. The summed E-state index contributed by atoms with van der Waals surface area (Å²) in [5.74, 6) is 0.638. The zero-order valence-electron chi connectivity index (χ0n) is 22.4. The number of rotatable bonds is 13. The van der Waals surface area contributed by atoms with Crippen LogP contribution in [-0.2, 0) is 24.2 Å². The topological polar surface area (TPSA) is 75.6 Å². The minimum atomic E-state index is -0.887. The Balaban J connectivity index is 1.84. The molecular weight excluding hydrogens is 462 g/mol. The second-order valence-electron chi connectivity index (χ2n) is 10.5. The first-order valence-corrected chi connectivity index (χ1v) is 13.1. The standard InChI is InChI=1S/C32H39NO4/c1-22(2)18-24-10-14-27(15-11-24)30(19-23(3)4)33-32(36)29-20-25(12-13-26(29)16-17-31(34)35)21-37-28-8-6-5-7-9-28/h5-15,20,22-23,30H,16-19,21H2,1-4H3,(H,33,36)(H,34,35). The van der Waals surface area contributed by atoms with Crippen LogP contribution in [0.15, 0.2) is 72.8 Å². The molecule has 1 unspecified atom stereocenters. The number of benzene rings is 3. The summed E-state index contributed by atoms with van der Waals surface area (Å²) in [6.45, 7) is 9.02. The van der Waals surface area contributed by atoms with Gasteiger partial charge in [0.2, 0.25) is 0 Å². The third-order valence-corrected chi connectivity index (χ3v) is 6.21. The monoisotopic (exact) mass is 501 g/mol. The quantitative estimate of drug-likeness (QED) is 0.264. The molecule has 0 aliphatic heterocycles. The SMILES string of the molecule is CC(C)Cc1ccc(C(CC(C)C)NC(=O)c2cc(COc3ccccc3)ccc2CCC(=O)O)cc1. The molecule has 5 nitrogen and oxygen atoms in total. The zero-order chi connectivity index (χ0) is 26.8. The zero-order valence-corrected chi connectivity index (χ0v) is 22.4. The van der Waals surface area contributed by atoms with Crippen LogP contribution < -0.4 is 10.1 Å². The minimum Gasteiger partial charge on any atom is -0.489 e. The molecule has 3 aromatic rings. The molecule has 1 atom stereocenters. The van der Waals surface area contributed by atoms with E-state index in [1.54, 1.807) is 0 Å². The first-order valence-electron chi connectivity index (χ1n) is 13.1. The van der Waals surface area contributed by atoms with E-state index in [1.165, 1.54) is 5.56 Å². The van der Waals surface area contributed by atoms with Crippen molar-refractivity contribution >= 4 is 11.9 Å². The number of hydrogen-bond acceptors (Lipinski definition) is 3. The molecular formula is C32H39NO4. The number of carboxylic acids is 1. The van der Waals surface area contributed by atoms with E-state index < -0.39 is 5.97 Å². The Morgan fingerprint density at radius 2 is 1.54 bits per heavy atom. The van der Waals surface area contributed by atoms with Crippen LogP contribution in [0, 0.1) is 11.8 Å². The van der Waals surface area contributed by atoms with Crippen molar-refractivity contribution in [1.29, 1.82) is 0 Å². The Morgan fingerprint density at radius 1 is 0.865 bits per heavy atom. The fourth-order valence-electron chi connectivity index (χ4n) is 4.41. The fourth-order valence-corrected chi connectivity index (χ4v) is 4.41. The van der Waals surface area contributed by atoms with Gasteiger partial charge in [-0.25, -0.2) is 0 Å². The lowest BCUT2D eigenvalue weighted by molar-refractivity contribution is -0.136. The van der Waals surface area contributed by atoms with Gasteiger partial charge in [0.05, 0.1) is 6.04 Å². The fraction of sp³-hybridized carbons (Fsp3) is 0.375. The van der Waals surface area contributed by atoms with Gasteiger partial charge < -0.3 is 15.2 Å². The lowest BCUT2D eigenvalue weighted by atomic mass is 9.93. The normalized spacial score (nSPS) is 11.9. The maximum atomic E-state index is 13.6. The number of nitrogens with one attached hydrogen (secondary N) is 1. The van der Waals surface area contributed by atoms with Crippen molar-refractivity contribution in [3.05, 3.63) is 101 Å². The number of hydrogen-bond donors (Lipinski definition) is 2. The highest BCUT2D eigenvalue weighted by atomic mass is 16.5. The Kier molecular flexibility index (Phi) is 10.3. The Morgan fingerprint density at radius 3 is 2.16 bits per heavy atom. The molecule has 3 rings (SSSR count). The van der Waals surface area contributed by atoms with Crippen molar-refractivity contribution in [2.45, 2.75) is 66.0 Å². The van der Waals surface area contributed by atoms with Gasteiger partial charge in [0, 0.05) is 12.0 Å². The smallest absolute Gasteiger partial charge is 0.303 e. The van der Waals surface area contributed by atoms with Crippen molar-refractivity contribution in [2.75, 3.05) is 0 Å². The van der Waals surface area contributed by atoms with E-state index in [0.29, 0.717) is 24.0 Å². The molecule has 5 heteroatoms. The summed E-state index contributed by atoms with van der Waals surface area (Å²) in [6.07, 6.45) is 2.08. The van der Waals surface area contributed by atoms with E-state index in [2.05, 4.69) is 57.3 Å². The number of carbonyl (C=O) groups excluding carboxylic acids is 1. The number of para-hydroxylation sites is 1. The number of aryl methyl sites for hydroxylation is 1. The molecule has 196 valence electrons. The van der Waals surface area contributed by atoms with Crippen LogP contribution in [-0.4, -0.2) is 17.0 Å². The molecule has 2 N–H and O–H groups in total. The molecule has 37 heavy (non-hydrogen) atoms. The maximum absolute atomic E-state index is 13.6. The summed E-state index contributed by atoms with van der Waals surface area (Å²) in [4.78, 5) is 24.9. The first-order chi connectivity index (χ1) is 17.7. The van der Waals surface area contributed by atoms with Crippen LogP contribution in [0.25, 0.3) is 0 Å². The number of carbonyl (C=O) groups is 2. The molecule has 0 saturated carbocycles. The van der Waals surface area contributed by atoms with E-state index in [0.717, 1.165) is 35.3 Å². The summed E-state index contributed by atoms with van der Waals surface area (Å²) in [5, 5.41) is 12.5. The molecule has 0 heterocycles. The predicted octanol–water partition coefficient (Wildman–Crippen LogP) is 7.00. The molecule has 0 bridgehead atoms. The lowest BCUT2D eigenvalue weighted by Crippen LogP contribution is -2.30. The number of ether oxygens (including phenoxy) is 1. The van der Waals surface area contributed by atoms with Gasteiger partial charge in [-0.3, -0.25) is 9.59 Å². The van der Waals surface area contributed by atoms with Gasteiger partial charge >= 0.3 is 5.97 Å². The van der Waals surface area contributed by atoms with E-state index >= 15 is 0 Å². The number of carboxylic acid groups (broad SMARTS) is 1. The van der Waals surface area contributed by atoms with Crippen LogP contribution in [0.4, 0.5) is 0 Å². The average molecular weight is 502 g/mol. The van der Waals surface area contributed by atoms with E-state index in [-0.39, 0.29) is 24.8 Å². The van der Waals surface area contributed by atoms with E-state index in [9.17, 15) is 14.7 Å². The summed E-state index contributed by atoms with van der Waals surface area (Å²) >= 11 is 0. The van der Waals surface area contributed by atoms with Crippen molar-refractivity contribution in [3.8, 4) is 5.75 Å². The Hall–Kier alpha value is -3.60. The van der Waals surface area contributed by atoms with Crippen LogP contribution >= 0.6 is 0 Å². The molecule has 0 radical (unpaired) electrons. The van der Waals surface area contributed by atoms with Gasteiger partial charge in [-0.2, -0.15) is 0 Å². The van der Waals surface area contributed by atoms with Crippen molar-refractivity contribution in [3.63, 3.8) is 0 Å². The Labute approximate surface area is 220 Å². The summed E-state index contributed by atoms with van der Waals surface area (Å²) in [7, 11) is 0. The van der Waals surface area contributed by atoms with Gasteiger partial charge in [0.25, 0.3) is 5.91 Å². The largest absolute Gasteiger partial charge is 0.489 e. The lowest BCUT2D eigenvalue weighted by Gasteiger charge is -2.23. The second-order valence-corrected chi connectivity index (χ2v) is 10.5. The summed E-state index contributed by atoms with van der Waals surface area (Å²) in [5.41, 5.74) is 4.44. The highest BCUT2D eigenvalue weighted by Crippen LogP contribution is 2.25. The van der Waals surface area contributed by atoms with Gasteiger partial charge in [-0.15, -0.1) is 0 Å². The third-order valence-electron chi connectivity index (χ3n) is 6.21. The molecule has 0 aliphatic carbocycles. The van der Waals surface area contributed by atoms with E-state index in [1.807, 2.05) is 48.5 Å². The van der Waals surface area contributed by atoms with Crippen LogP contribution in [0.5, 0.6) is 5.75 Å². The average Bonchev–Trinajstić information content (AvgIpc) is 2.86. The first kappa shape index (κ1) is 28.0. The highest BCUT2D eigenvalue weighted by molar-refractivity contribution is 5.96. The van der Waals surface area contributed by atoms with Gasteiger partial charge in [0.15, 0.2) is 0 Å². The van der Waals surface area contributed by atoms with Crippen molar-refractivity contribution in [1.82, 2.24) is 5.32 Å². The Bertz CT molecular complexity index is 1150. The summed E-state index contributed by atoms with van der Waals surface area (Å²) in [6, 6.07) is 23.5. The van der Waals surface area contributed by atoms with Crippen LogP contribution in [0.3, 0.4) is 0 Å². The molecule has 1 amide bonds. The highest BCUT2D eigenvalue weighted by Gasteiger charge is 2.20. The van der Waals surface area contributed by atoms with Crippen molar-refractivity contribution < 1.29 is 19.4 Å². The van der Waals surface area contributed by atoms with Gasteiger partial charge in [0.1, 0.15) is 12.4 Å². The van der Waals surface area contributed by atoms with Crippen LogP contribution in [0.2, 0.25) is 0 Å². The molecule has 0 spiro atoms. The molecule has 0 fully saturated rings. The molecule has 0 saturated heterocycles. The molecule has 0 aromatic heterocycles. The maximum Gasteiger partial charge on any atom is 0.303 e. The van der Waals surface area contributed by atoms with E-state index in [4.69, 9.17) is 4.74 Å². The van der Waals surface area contributed by atoms with Crippen molar-refractivity contribution in [2.24, 2.45) is 11.8 Å². The third kappa shape index (κ3) is 9.09. The second kappa shape index (κ2) is 13.6. The van der Waals surface area contributed by atoms with Gasteiger partial charge in [-0.05, 0) is 71.6 Å². The number of aliphatic carboxylic acids is 1.